The molecule has 0 unspecified atom stereocenters. The van der Waals surface area contributed by atoms with Gasteiger partial charge in [0.15, 0.2) is 0 Å². The van der Waals surface area contributed by atoms with Crippen molar-refractivity contribution in [3.8, 4) is 0 Å². The number of amides is 1. The zero-order valence-electron chi connectivity index (χ0n) is 10.5. The van der Waals surface area contributed by atoms with Crippen molar-refractivity contribution in [3.63, 3.8) is 0 Å². The first kappa shape index (κ1) is 14.2. The molecule has 98 valence electrons. The van der Waals surface area contributed by atoms with Crippen molar-refractivity contribution in [1.29, 1.82) is 0 Å². The number of carbonyl (C=O) groups is 2. The Morgan fingerprint density at radius 2 is 2.06 bits per heavy atom. The summed E-state index contributed by atoms with van der Waals surface area (Å²) in [5, 5.41) is 12.9. The fourth-order valence-corrected chi connectivity index (χ4v) is 1.60. The topological polar surface area (TPSA) is 78.5 Å². The summed E-state index contributed by atoms with van der Waals surface area (Å²) in [6.07, 6.45) is 0.803. The van der Waals surface area contributed by atoms with E-state index >= 15 is 0 Å². The van der Waals surface area contributed by atoms with Gasteiger partial charge >= 0.3 is 0 Å². The van der Waals surface area contributed by atoms with E-state index in [-0.39, 0.29) is 12.5 Å². The lowest BCUT2D eigenvalue weighted by atomic mass is 10.1. The van der Waals surface area contributed by atoms with Gasteiger partial charge in [-0.05, 0) is 24.5 Å². The number of aliphatic carboxylic acids is 1. The third kappa shape index (κ3) is 4.18. The van der Waals surface area contributed by atoms with E-state index in [1.807, 2.05) is 32.0 Å². The molecule has 0 atom stereocenters. The Kier molecular flexibility index (Phi) is 5.32. The van der Waals surface area contributed by atoms with Gasteiger partial charge in [-0.15, -0.1) is 0 Å². The SMILES string of the molecule is CCc1cccc(C)c1NC(=O)COCC(=O)[O-]. The van der Waals surface area contributed by atoms with Crippen LogP contribution in [0.5, 0.6) is 0 Å². The van der Waals surface area contributed by atoms with E-state index in [1.165, 1.54) is 0 Å². The Morgan fingerprint density at radius 3 is 2.67 bits per heavy atom. The molecule has 0 aliphatic rings. The van der Waals surface area contributed by atoms with Crippen molar-refractivity contribution >= 4 is 17.6 Å². The number of hydrogen-bond donors (Lipinski definition) is 1. The summed E-state index contributed by atoms with van der Waals surface area (Å²) in [4.78, 5) is 21.7. The van der Waals surface area contributed by atoms with E-state index in [9.17, 15) is 14.7 Å². The summed E-state index contributed by atoms with van der Waals surface area (Å²) >= 11 is 0. The number of benzene rings is 1. The highest BCUT2D eigenvalue weighted by molar-refractivity contribution is 5.93. The van der Waals surface area contributed by atoms with Crippen molar-refractivity contribution in [1.82, 2.24) is 0 Å². The van der Waals surface area contributed by atoms with Crippen LogP contribution in [0, 0.1) is 6.92 Å². The van der Waals surface area contributed by atoms with Gasteiger partial charge in [0.25, 0.3) is 0 Å². The number of anilines is 1. The number of nitrogens with one attached hydrogen (secondary N) is 1. The second-order valence-corrected chi connectivity index (χ2v) is 3.88. The van der Waals surface area contributed by atoms with Crippen molar-refractivity contribution in [3.05, 3.63) is 29.3 Å². The molecule has 0 spiro atoms. The van der Waals surface area contributed by atoms with Gasteiger partial charge in [0.1, 0.15) is 6.61 Å². The van der Waals surface area contributed by atoms with Gasteiger partial charge < -0.3 is 20.0 Å². The molecule has 1 rings (SSSR count). The zero-order chi connectivity index (χ0) is 13.5. The molecule has 0 aromatic heterocycles. The summed E-state index contributed by atoms with van der Waals surface area (Å²) in [7, 11) is 0. The van der Waals surface area contributed by atoms with E-state index in [2.05, 4.69) is 10.1 Å². The number of aryl methyl sites for hydroxylation is 2. The summed E-state index contributed by atoms with van der Waals surface area (Å²) in [6, 6.07) is 5.76. The highest BCUT2D eigenvalue weighted by Crippen LogP contribution is 2.20. The predicted molar refractivity (Wildman–Crippen MR) is 65.0 cm³/mol. The number of hydrogen-bond acceptors (Lipinski definition) is 4. The van der Waals surface area contributed by atoms with Gasteiger partial charge in [-0.1, -0.05) is 25.1 Å². The van der Waals surface area contributed by atoms with Gasteiger partial charge in [0.2, 0.25) is 5.91 Å². The van der Waals surface area contributed by atoms with Crippen molar-refractivity contribution in [2.45, 2.75) is 20.3 Å². The lowest BCUT2D eigenvalue weighted by Crippen LogP contribution is -2.30. The van der Waals surface area contributed by atoms with Crippen LogP contribution in [0.4, 0.5) is 5.69 Å². The molecule has 0 radical (unpaired) electrons. The van der Waals surface area contributed by atoms with Crippen LogP contribution in [0.25, 0.3) is 0 Å². The maximum atomic E-state index is 11.6. The van der Waals surface area contributed by atoms with Crippen LogP contribution in [0.1, 0.15) is 18.1 Å². The fourth-order valence-electron chi connectivity index (χ4n) is 1.60. The Bertz CT molecular complexity index is 443. The monoisotopic (exact) mass is 250 g/mol. The average molecular weight is 250 g/mol. The lowest BCUT2D eigenvalue weighted by Gasteiger charge is -2.13. The molecular weight excluding hydrogens is 234 g/mol. The normalized spacial score (nSPS) is 10.1. The second kappa shape index (κ2) is 6.76. The van der Waals surface area contributed by atoms with Crippen LogP contribution < -0.4 is 10.4 Å². The van der Waals surface area contributed by atoms with Crippen LogP contribution in [0.15, 0.2) is 18.2 Å². The van der Waals surface area contributed by atoms with Crippen LogP contribution >= 0.6 is 0 Å². The Hall–Kier alpha value is -1.88. The highest BCUT2D eigenvalue weighted by Gasteiger charge is 2.08. The molecule has 5 heteroatoms. The molecule has 0 heterocycles. The van der Waals surface area contributed by atoms with Crippen LogP contribution in [0.2, 0.25) is 0 Å². The first-order valence-corrected chi connectivity index (χ1v) is 5.70. The summed E-state index contributed by atoms with van der Waals surface area (Å²) in [5.74, 6) is -1.71. The number of para-hydroxylation sites is 1. The maximum Gasteiger partial charge on any atom is 0.250 e. The number of ether oxygens (including phenoxy) is 1. The lowest BCUT2D eigenvalue weighted by molar-refractivity contribution is -0.309. The van der Waals surface area contributed by atoms with Gasteiger partial charge in [0, 0.05) is 5.69 Å². The van der Waals surface area contributed by atoms with Crippen molar-refractivity contribution in [2.75, 3.05) is 18.5 Å². The molecule has 0 aliphatic heterocycles. The van der Waals surface area contributed by atoms with Gasteiger partial charge in [-0.3, -0.25) is 4.79 Å². The minimum atomic E-state index is -1.34. The molecular formula is C13H16NO4-. The molecule has 0 saturated carbocycles. The minimum Gasteiger partial charge on any atom is -0.548 e. The average Bonchev–Trinajstić information content (AvgIpc) is 2.31. The van der Waals surface area contributed by atoms with Crippen LogP contribution in [0.3, 0.4) is 0 Å². The van der Waals surface area contributed by atoms with Gasteiger partial charge in [-0.25, -0.2) is 0 Å². The second-order valence-electron chi connectivity index (χ2n) is 3.88. The highest BCUT2D eigenvalue weighted by atomic mass is 16.5. The largest absolute Gasteiger partial charge is 0.548 e. The summed E-state index contributed by atoms with van der Waals surface area (Å²) in [5.41, 5.74) is 2.76. The first-order valence-electron chi connectivity index (χ1n) is 5.70. The number of carboxylic acids is 1. The first-order chi connectivity index (χ1) is 8.54. The van der Waals surface area contributed by atoms with E-state index in [4.69, 9.17) is 0 Å². The molecule has 1 aromatic rings. The molecule has 1 N–H and O–H groups in total. The van der Waals surface area contributed by atoms with E-state index in [0.717, 1.165) is 23.2 Å². The number of rotatable bonds is 6. The molecule has 1 aromatic carbocycles. The predicted octanol–water partition coefficient (Wildman–Crippen LogP) is 0.262. The van der Waals surface area contributed by atoms with Gasteiger partial charge in [0.05, 0.1) is 12.6 Å². The fraction of sp³-hybridized carbons (Fsp3) is 0.385. The standard InChI is InChI=1S/C13H17NO4/c1-3-10-6-4-5-9(2)13(10)14-11(15)7-18-8-12(16)17/h4-6H,3,7-8H2,1-2H3,(H,14,15)(H,16,17)/p-1. The molecule has 0 fully saturated rings. The third-order valence-corrected chi connectivity index (χ3v) is 2.46. The minimum absolute atomic E-state index is 0.300. The summed E-state index contributed by atoms with van der Waals surface area (Å²) < 4.78 is 4.67. The van der Waals surface area contributed by atoms with Crippen molar-refractivity contribution in [2.24, 2.45) is 0 Å². The van der Waals surface area contributed by atoms with E-state index < -0.39 is 12.6 Å². The van der Waals surface area contributed by atoms with Gasteiger partial charge in [-0.2, -0.15) is 0 Å². The smallest absolute Gasteiger partial charge is 0.250 e. The molecule has 0 saturated heterocycles. The molecule has 0 bridgehead atoms. The van der Waals surface area contributed by atoms with E-state index in [0.29, 0.717) is 0 Å². The quantitative estimate of drug-likeness (QED) is 0.785. The Balaban J connectivity index is 2.61. The van der Waals surface area contributed by atoms with Crippen molar-refractivity contribution < 1.29 is 19.4 Å². The van der Waals surface area contributed by atoms with Crippen LogP contribution in [-0.2, 0) is 20.7 Å². The molecule has 0 aliphatic carbocycles. The molecule has 18 heavy (non-hydrogen) atoms. The zero-order valence-corrected chi connectivity index (χ0v) is 10.5. The number of carbonyl (C=O) groups excluding carboxylic acids is 2. The molecule has 5 nitrogen and oxygen atoms in total. The Morgan fingerprint density at radius 1 is 1.33 bits per heavy atom. The third-order valence-electron chi connectivity index (χ3n) is 2.46. The summed E-state index contributed by atoms with van der Waals surface area (Å²) in [6.45, 7) is 3.02. The van der Waals surface area contributed by atoms with E-state index in [1.54, 1.807) is 0 Å². The molecule has 1 amide bonds. The maximum absolute atomic E-state index is 11.6. The Labute approximate surface area is 106 Å². The van der Waals surface area contributed by atoms with Crippen LogP contribution in [-0.4, -0.2) is 25.1 Å². The number of carboxylic acid groups (broad SMARTS) is 1.